The molecule has 0 heterocycles. The molecule has 0 bridgehead atoms. The maximum atomic E-state index is 5.30. The fraction of sp³-hybridized carbons (Fsp3) is 0.474. The Labute approximate surface area is 135 Å². The van der Waals surface area contributed by atoms with Gasteiger partial charge in [0.25, 0.3) is 0 Å². The molecule has 2 aromatic carbocycles. The molecule has 2 unspecified atom stereocenters. The van der Waals surface area contributed by atoms with Gasteiger partial charge in [-0.3, -0.25) is 0 Å². The summed E-state index contributed by atoms with van der Waals surface area (Å²) < 4.78 is 5.30. The Balaban J connectivity index is 1.93. The minimum absolute atomic E-state index is 0.434. The number of hydrogen-bond donors (Lipinski definition) is 0. The minimum atomic E-state index is 0.434. The van der Waals surface area contributed by atoms with Gasteiger partial charge in [-0.2, -0.15) is 0 Å². The average molecular weight is 347 g/mol. The van der Waals surface area contributed by atoms with Gasteiger partial charge in [0.1, 0.15) is 5.75 Å². The molecule has 1 aliphatic rings. The van der Waals surface area contributed by atoms with Crippen LogP contribution in [0, 0.1) is 11.3 Å². The molecule has 1 nitrogen and oxygen atoms in total. The van der Waals surface area contributed by atoms with Crippen molar-refractivity contribution >= 4 is 26.7 Å². The van der Waals surface area contributed by atoms with E-state index in [9.17, 15) is 0 Å². The summed E-state index contributed by atoms with van der Waals surface area (Å²) in [6, 6.07) is 13.1. The van der Waals surface area contributed by atoms with Crippen LogP contribution in [0.4, 0.5) is 0 Å². The van der Waals surface area contributed by atoms with Crippen molar-refractivity contribution in [2.75, 3.05) is 7.11 Å². The number of benzene rings is 2. The third-order valence-electron chi connectivity index (χ3n) is 5.08. The van der Waals surface area contributed by atoms with Crippen molar-refractivity contribution in [1.82, 2.24) is 0 Å². The van der Waals surface area contributed by atoms with E-state index in [-0.39, 0.29) is 0 Å². The molecule has 0 radical (unpaired) electrons. The van der Waals surface area contributed by atoms with Gasteiger partial charge < -0.3 is 4.74 Å². The lowest BCUT2D eigenvalue weighted by Crippen LogP contribution is -2.21. The summed E-state index contributed by atoms with van der Waals surface area (Å²) in [5.41, 5.74) is 1.83. The van der Waals surface area contributed by atoms with E-state index in [1.807, 2.05) is 6.07 Å². The highest BCUT2D eigenvalue weighted by atomic mass is 79.9. The Morgan fingerprint density at radius 1 is 1.14 bits per heavy atom. The second-order valence-corrected chi connectivity index (χ2v) is 7.85. The normalized spacial score (nSPS) is 22.4. The third-order valence-corrected chi connectivity index (χ3v) is 6.25. The number of alkyl halides is 1. The lowest BCUT2D eigenvalue weighted by Gasteiger charge is -2.31. The monoisotopic (exact) mass is 346 g/mol. The summed E-state index contributed by atoms with van der Waals surface area (Å²) in [5, 5.41) is 2.53. The van der Waals surface area contributed by atoms with E-state index in [0.29, 0.717) is 16.2 Å². The molecule has 21 heavy (non-hydrogen) atoms. The summed E-state index contributed by atoms with van der Waals surface area (Å²) in [7, 11) is 1.71. The fourth-order valence-corrected chi connectivity index (χ4v) is 4.93. The zero-order chi connectivity index (χ0) is 15.0. The van der Waals surface area contributed by atoms with Crippen LogP contribution in [0.1, 0.15) is 43.5 Å². The molecular formula is C19H23BrO. The van der Waals surface area contributed by atoms with Crippen molar-refractivity contribution in [3.63, 3.8) is 0 Å². The number of rotatable bonds is 3. The van der Waals surface area contributed by atoms with E-state index < -0.39 is 0 Å². The first-order chi connectivity index (χ1) is 10.0. The van der Waals surface area contributed by atoms with E-state index in [2.05, 4.69) is 60.1 Å². The van der Waals surface area contributed by atoms with Crippen LogP contribution >= 0.6 is 15.9 Å². The largest absolute Gasteiger partial charge is 0.497 e. The molecular weight excluding hydrogens is 324 g/mol. The van der Waals surface area contributed by atoms with Gasteiger partial charge in [-0.15, -0.1) is 0 Å². The summed E-state index contributed by atoms with van der Waals surface area (Å²) in [6.07, 6.45) is 4.01. The molecule has 0 spiro atoms. The maximum Gasteiger partial charge on any atom is 0.119 e. The Bertz CT molecular complexity index is 647. The Hall–Kier alpha value is -1.02. The zero-order valence-electron chi connectivity index (χ0n) is 13.0. The predicted octanol–water partition coefficient (Wildman–Crippen LogP) is 6.11. The van der Waals surface area contributed by atoms with Crippen LogP contribution in [0.3, 0.4) is 0 Å². The van der Waals surface area contributed by atoms with Gasteiger partial charge in [0.05, 0.1) is 7.11 Å². The predicted molar refractivity (Wildman–Crippen MR) is 93.3 cm³/mol. The highest BCUT2D eigenvalue weighted by Gasteiger charge is 2.39. The lowest BCUT2D eigenvalue weighted by atomic mass is 9.78. The Morgan fingerprint density at radius 3 is 2.52 bits per heavy atom. The second-order valence-electron chi connectivity index (χ2n) is 6.86. The number of fused-ring (bicyclic) bond motifs is 1. The van der Waals surface area contributed by atoms with E-state index >= 15 is 0 Å². The summed E-state index contributed by atoms with van der Waals surface area (Å²) >= 11 is 3.98. The number of hydrogen-bond acceptors (Lipinski definition) is 1. The van der Waals surface area contributed by atoms with Gasteiger partial charge in [-0.25, -0.2) is 0 Å². The molecule has 1 saturated carbocycles. The molecule has 0 saturated heterocycles. The molecule has 1 aliphatic carbocycles. The molecule has 0 amide bonds. The van der Waals surface area contributed by atoms with Crippen molar-refractivity contribution < 1.29 is 4.74 Å². The van der Waals surface area contributed by atoms with Gasteiger partial charge >= 0.3 is 0 Å². The molecule has 112 valence electrons. The molecule has 1 fully saturated rings. The highest BCUT2D eigenvalue weighted by Crippen LogP contribution is 2.52. The van der Waals surface area contributed by atoms with Crippen LogP contribution < -0.4 is 4.74 Å². The standard InChI is InChI=1S/C19H23BrO/c1-19(2)10-4-5-17(19)18(20)15-7-6-14-12-16(21-3)9-8-13(14)11-15/h6-9,11-12,17-18H,4-5,10H2,1-3H3. The minimum Gasteiger partial charge on any atom is -0.497 e. The zero-order valence-corrected chi connectivity index (χ0v) is 14.6. The molecule has 0 N–H and O–H groups in total. The fourth-order valence-electron chi connectivity index (χ4n) is 3.67. The molecule has 0 aromatic heterocycles. The third kappa shape index (κ3) is 2.83. The Kier molecular flexibility index (Phi) is 4.00. The highest BCUT2D eigenvalue weighted by molar-refractivity contribution is 9.09. The molecule has 0 aliphatic heterocycles. The summed E-state index contributed by atoms with van der Waals surface area (Å²) in [5.74, 6) is 1.63. The lowest BCUT2D eigenvalue weighted by molar-refractivity contribution is 0.257. The van der Waals surface area contributed by atoms with Crippen LogP contribution in [-0.2, 0) is 0 Å². The van der Waals surface area contributed by atoms with Gasteiger partial charge in [0.15, 0.2) is 0 Å². The molecule has 2 aromatic rings. The maximum absolute atomic E-state index is 5.30. The van der Waals surface area contributed by atoms with E-state index in [1.165, 1.54) is 35.6 Å². The smallest absolute Gasteiger partial charge is 0.119 e. The van der Waals surface area contributed by atoms with Crippen molar-refractivity contribution in [2.24, 2.45) is 11.3 Å². The van der Waals surface area contributed by atoms with Crippen molar-refractivity contribution in [1.29, 1.82) is 0 Å². The Morgan fingerprint density at radius 2 is 1.86 bits per heavy atom. The van der Waals surface area contributed by atoms with Gasteiger partial charge in [-0.05, 0) is 52.6 Å². The van der Waals surface area contributed by atoms with Gasteiger partial charge in [-0.1, -0.05) is 60.5 Å². The molecule has 3 rings (SSSR count). The van der Waals surface area contributed by atoms with E-state index in [0.717, 1.165) is 5.75 Å². The van der Waals surface area contributed by atoms with Crippen LogP contribution in [0.25, 0.3) is 10.8 Å². The quantitative estimate of drug-likeness (QED) is 0.609. The number of halogens is 1. The summed E-state index contributed by atoms with van der Waals surface area (Å²) in [4.78, 5) is 0.446. The van der Waals surface area contributed by atoms with Crippen LogP contribution in [0.5, 0.6) is 5.75 Å². The number of ether oxygens (including phenoxy) is 1. The first-order valence-corrected chi connectivity index (χ1v) is 8.64. The van der Waals surface area contributed by atoms with Gasteiger partial charge in [0.2, 0.25) is 0 Å². The SMILES string of the molecule is COc1ccc2cc(C(Br)C3CCCC3(C)C)ccc2c1. The number of methoxy groups -OCH3 is 1. The van der Waals surface area contributed by atoms with E-state index in [1.54, 1.807) is 7.11 Å². The molecule has 2 atom stereocenters. The summed E-state index contributed by atoms with van der Waals surface area (Å²) in [6.45, 7) is 4.82. The molecule has 2 heteroatoms. The van der Waals surface area contributed by atoms with Crippen LogP contribution in [-0.4, -0.2) is 7.11 Å². The van der Waals surface area contributed by atoms with Crippen molar-refractivity contribution in [3.8, 4) is 5.75 Å². The van der Waals surface area contributed by atoms with Crippen molar-refractivity contribution in [2.45, 2.75) is 37.9 Å². The first-order valence-electron chi connectivity index (χ1n) is 7.73. The van der Waals surface area contributed by atoms with Gasteiger partial charge in [0, 0.05) is 4.83 Å². The second kappa shape index (κ2) is 5.64. The first kappa shape index (κ1) is 14.9. The van der Waals surface area contributed by atoms with E-state index in [4.69, 9.17) is 4.74 Å². The van der Waals surface area contributed by atoms with Crippen LogP contribution in [0.2, 0.25) is 0 Å². The topological polar surface area (TPSA) is 9.23 Å². The van der Waals surface area contributed by atoms with Crippen LogP contribution in [0.15, 0.2) is 36.4 Å². The van der Waals surface area contributed by atoms with Crippen molar-refractivity contribution in [3.05, 3.63) is 42.0 Å². The average Bonchev–Trinajstić information content (AvgIpc) is 2.84.